The third-order valence-electron chi connectivity index (χ3n) is 3.24. The molecule has 0 aliphatic carbocycles. The maximum Gasteiger partial charge on any atom is 0.158 e. The minimum atomic E-state index is 0.466. The van der Waals surface area contributed by atoms with Crippen LogP contribution in [0.15, 0.2) is 6.07 Å². The summed E-state index contributed by atoms with van der Waals surface area (Å²) in [6.07, 6.45) is 4.75. The summed E-state index contributed by atoms with van der Waals surface area (Å²) in [4.78, 5) is 11.3. The summed E-state index contributed by atoms with van der Waals surface area (Å²) < 4.78 is 5.44. The Morgan fingerprint density at radius 1 is 1.14 bits per heavy atom. The lowest BCUT2D eigenvalue weighted by molar-refractivity contribution is 0.128. The fraction of sp³-hybridized carbons (Fsp3) is 0.750. The van der Waals surface area contributed by atoms with Crippen LogP contribution in [-0.4, -0.2) is 36.7 Å². The monoisotopic (exact) mass is 294 g/mol. The van der Waals surface area contributed by atoms with Crippen LogP contribution in [0.5, 0.6) is 0 Å². The Morgan fingerprint density at radius 2 is 1.95 bits per heavy atom. The van der Waals surface area contributed by atoms with Gasteiger partial charge in [0.1, 0.15) is 18.2 Å². The molecule has 0 bridgehead atoms. The molecule has 0 aliphatic rings. The summed E-state index contributed by atoms with van der Waals surface area (Å²) in [6.45, 7) is 9.43. The molecule has 0 aliphatic heterocycles. The van der Waals surface area contributed by atoms with Crippen LogP contribution in [0.25, 0.3) is 0 Å². The molecular weight excluding hydrogens is 264 g/mol. The second kappa shape index (κ2) is 10.4. The van der Waals surface area contributed by atoms with Crippen molar-refractivity contribution in [2.24, 2.45) is 0 Å². The van der Waals surface area contributed by atoms with Crippen molar-refractivity contribution in [3.05, 3.63) is 11.9 Å². The number of unbranched alkanes of at least 4 members (excludes halogenated alkanes) is 2. The highest BCUT2D eigenvalue weighted by molar-refractivity contribution is 5.48. The first-order valence-corrected chi connectivity index (χ1v) is 8.11. The number of ether oxygens (including phenoxy) is 1. The van der Waals surface area contributed by atoms with Gasteiger partial charge in [0.2, 0.25) is 0 Å². The number of nitrogens with zero attached hydrogens (tertiary/aromatic N) is 3. The molecule has 0 saturated carbocycles. The fourth-order valence-corrected chi connectivity index (χ4v) is 1.99. The molecule has 1 rings (SSSR count). The average Bonchev–Trinajstić information content (AvgIpc) is 2.50. The number of nitrogens with one attached hydrogen (secondary N) is 1. The third kappa shape index (κ3) is 6.76. The third-order valence-corrected chi connectivity index (χ3v) is 3.24. The lowest BCUT2D eigenvalue weighted by atomic mass is 10.2. The molecule has 0 unspecified atom stereocenters. The molecule has 21 heavy (non-hydrogen) atoms. The van der Waals surface area contributed by atoms with Gasteiger partial charge in [-0.3, -0.25) is 0 Å². The zero-order valence-electron chi connectivity index (χ0n) is 14.0. The van der Waals surface area contributed by atoms with Gasteiger partial charge in [-0.2, -0.15) is 0 Å². The van der Waals surface area contributed by atoms with Crippen molar-refractivity contribution in [1.29, 1.82) is 0 Å². The van der Waals surface area contributed by atoms with E-state index in [0.717, 1.165) is 37.0 Å². The number of anilines is 2. The zero-order chi connectivity index (χ0) is 15.5. The summed E-state index contributed by atoms with van der Waals surface area (Å²) in [5.41, 5.74) is 0. The number of hydrogen-bond acceptors (Lipinski definition) is 5. The van der Waals surface area contributed by atoms with Gasteiger partial charge in [-0.15, -0.1) is 0 Å². The van der Waals surface area contributed by atoms with E-state index in [-0.39, 0.29) is 0 Å². The maximum absolute atomic E-state index is 5.44. The van der Waals surface area contributed by atoms with E-state index in [1.54, 1.807) is 0 Å². The van der Waals surface area contributed by atoms with Crippen molar-refractivity contribution >= 4 is 11.6 Å². The van der Waals surface area contributed by atoms with Crippen LogP contribution in [0.1, 0.15) is 52.3 Å². The van der Waals surface area contributed by atoms with Gasteiger partial charge in [-0.25, -0.2) is 9.97 Å². The minimum absolute atomic E-state index is 0.466. The Kier molecular flexibility index (Phi) is 8.74. The molecule has 5 nitrogen and oxygen atoms in total. The summed E-state index contributed by atoms with van der Waals surface area (Å²) in [5.74, 6) is 2.60. The minimum Gasteiger partial charge on any atom is -0.374 e. The molecule has 1 aromatic heterocycles. The predicted octanol–water partition coefficient (Wildman–Crippen LogP) is 3.46. The number of hydrogen-bond donors (Lipinski definition) is 1. The molecular formula is C16H30N4O. The van der Waals surface area contributed by atoms with Crippen LogP contribution in [0.3, 0.4) is 0 Å². The molecule has 0 aromatic carbocycles. The van der Waals surface area contributed by atoms with Gasteiger partial charge < -0.3 is 15.0 Å². The van der Waals surface area contributed by atoms with E-state index in [1.165, 1.54) is 19.3 Å². The van der Waals surface area contributed by atoms with Gasteiger partial charge in [-0.1, -0.05) is 26.7 Å². The van der Waals surface area contributed by atoms with Crippen LogP contribution >= 0.6 is 0 Å². The maximum atomic E-state index is 5.44. The molecule has 0 radical (unpaired) electrons. The fourth-order valence-electron chi connectivity index (χ4n) is 1.99. The summed E-state index contributed by atoms with van der Waals surface area (Å²) in [7, 11) is 2.09. The highest BCUT2D eigenvalue weighted by Crippen LogP contribution is 2.16. The van der Waals surface area contributed by atoms with Crippen molar-refractivity contribution in [2.45, 2.75) is 53.1 Å². The highest BCUT2D eigenvalue weighted by Gasteiger charge is 2.08. The largest absolute Gasteiger partial charge is 0.374 e. The van der Waals surface area contributed by atoms with Crippen LogP contribution in [0.4, 0.5) is 11.6 Å². The SMILES string of the molecule is CCCCCN(C)c1cc(NCCC)nc(COCC)n1. The van der Waals surface area contributed by atoms with E-state index in [1.807, 2.05) is 13.0 Å². The van der Waals surface area contributed by atoms with Gasteiger partial charge in [0.05, 0.1) is 0 Å². The lowest BCUT2D eigenvalue weighted by Gasteiger charge is -2.19. The summed E-state index contributed by atoms with van der Waals surface area (Å²) in [6, 6.07) is 2.02. The van der Waals surface area contributed by atoms with E-state index in [4.69, 9.17) is 4.74 Å². The Labute approximate surface area is 129 Å². The molecule has 0 atom stereocenters. The Hall–Kier alpha value is -1.36. The van der Waals surface area contributed by atoms with E-state index < -0.39 is 0 Å². The Morgan fingerprint density at radius 3 is 2.62 bits per heavy atom. The van der Waals surface area contributed by atoms with Crippen LogP contribution in [0.2, 0.25) is 0 Å². The van der Waals surface area contributed by atoms with Crippen LogP contribution in [-0.2, 0) is 11.3 Å². The average molecular weight is 294 g/mol. The Balaban J connectivity index is 2.78. The van der Waals surface area contributed by atoms with Crippen molar-refractivity contribution in [2.75, 3.05) is 37.0 Å². The first kappa shape index (κ1) is 17.7. The van der Waals surface area contributed by atoms with E-state index >= 15 is 0 Å². The van der Waals surface area contributed by atoms with E-state index in [0.29, 0.717) is 13.2 Å². The summed E-state index contributed by atoms with van der Waals surface area (Å²) in [5, 5.41) is 3.34. The van der Waals surface area contributed by atoms with Crippen LogP contribution in [0, 0.1) is 0 Å². The van der Waals surface area contributed by atoms with Crippen molar-refractivity contribution in [1.82, 2.24) is 9.97 Å². The molecule has 5 heteroatoms. The van der Waals surface area contributed by atoms with E-state index in [2.05, 4.69) is 41.1 Å². The summed E-state index contributed by atoms with van der Waals surface area (Å²) >= 11 is 0. The highest BCUT2D eigenvalue weighted by atomic mass is 16.5. The smallest absolute Gasteiger partial charge is 0.158 e. The molecule has 0 amide bonds. The second-order valence-electron chi connectivity index (χ2n) is 5.22. The normalized spacial score (nSPS) is 10.7. The van der Waals surface area contributed by atoms with Crippen molar-refractivity contribution in [3.63, 3.8) is 0 Å². The van der Waals surface area contributed by atoms with Gasteiger partial charge in [-0.05, 0) is 19.8 Å². The Bertz CT molecular complexity index is 372. The molecule has 0 spiro atoms. The zero-order valence-corrected chi connectivity index (χ0v) is 14.0. The standard InChI is InChI=1S/C16H30N4O/c1-5-8-9-11-20(4)16-12-14(17-10-6-2)18-15(19-16)13-21-7-3/h12H,5-11,13H2,1-4H3,(H,17,18,19). The van der Waals surface area contributed by atoms with E-state index in [9.17, 15) is 0 Å². The van der Waals surface area contributed by atoms with Crippen molar-refractivity contribution in [3.8, 4) is 0 Å². The topological polar surface area (TPSA) is 50.3 Å². The van der Waals surface area contributed by atoms with Crippen molar-refractivity contribution < 1.29 is 4.74 Å². The van der Waals surface area contributed by atoms with Crippen LogP contribution < -0.4 is 10.2 Å². The predicted molar refractivity (Wildman–Crippen MR) is 88.9 cm³/mol. The quantitative estimate of drug-likeness (QED) is 0.633. The van der Waals surface area contributed by atoms with Gasteiger partial charge in [0.15, 0.2) is 5.82 Å². The molecule has 1 aromatic rings. The first-order valence-electron chi connectivity index (χ1n) is 8.11. The van der Waals surface area contributed by atoms with Gasteiger partial charge >= 0.3 is 0 Å². The first-order chi connectivity index (χ1) is 10.2. The second-order valence-corrected chi connectivity index (χ2v) is 5.22. The van der Waals surface area contributed by atoms with Gasteiger partial charge in [0, 0.05) is 32.8 Å². The molecule has 1 N–H and O–H groups in total. The lowest BCUT2D eigenvalue weighted by Crippen LogP contribution is -2.21. The molecule has 0 saturated heterocycles. The number of aromatic nitrogens is 2. The molecule has 1 heterocycles. The number of rotatable bonds is 11. The molecule has 0 fully saturated rings. The van der Waals surface area contributed by atoms with Gasteiger partial charge in [0.25, 0.3) is 0 Å². The molecule has 120 valence electrons.